The van der Waals surface area contributed by atoms with Crippen LogP contribution in [-0.4, -0.2) is 223 Å². The number of allylic oxidation sites excluding steroid dienone is 12. The number of nitrogens with two attached hydrogens (primary N) is 1. The number of anilines is 1. The van der Waals surface area contributed by atoms with Crippen molar-refractivity contribution in [2.45, 2.75) is 195 Å². The number of nitrogens with zero attached hydrogens (tertiary/aromatic N) is 1. The van der Waals surface area contributed by atoms with E-state index in [-0.39, 0.29) is 56.3 Å². The minimum Gasteiger partial charge on any atom is -0.461 e. The van der Waals surface area contributed by atoms with Gasteiger partial charge in [0.2, 0.25) is 5.91 Å². The van der Waals surface area contributed by atoms with Crippen LogP contribution in [-0.2, 0) is 38.1 Å². The summed E-state index contributed by atoms with van der Waals surface area (Å²) in [6.45, 7) is 8.41. The van der Waals surface area contributed by atoms with Crippen LogP contribution in [0, 0.1) is 17.8 Å². The first-order valence-electron chi connectivity index (χ1n) is 30.8. The average Bonchev–Trinajstić information content (AvgIpc) is 0.946. The van der Waals surface area contributed by atoms with Crippen LogP contribution in [0.3, 0.4) is 0 Å². The summed E-state index contributed by atoms with van der Waals surface area (Å²) in [5.41, 5.74) is 7.47. The molecule has 4 heterocycles. The van der Waals surface area contributed by atoms with Gasteiger partial charge in [-0.3, -0.25) is 24.1 Å². The zero-order valence-corrected chi connectivity index (χ0v) is 51.2. The number of hydrogen-bond donors (Lipinski definition) is 13. The largest absolute Gasteiger partial charge is 0.461 e. The van der Waals surface area contributed by atoms with Gasteiger partial charge in [0.05, 0.1) is 98.7 Å². The van der Waals surface area contributed by atoms with Crippen LogP contribution >= 0.6 is 0 Å². The molecule has 14 N–H and O–H groups in total. The van der Waals surface area contributed by atoms with E-state index < -0.39 is 160 Å². The molecule has 3 saturated heterocycles. The lowest BCUT2D eigenvalue weighted by Crippen LogP contribution is -2.62. The number of aliphatic hydroxyl groups is 10. The summed E-state index contributed by atoms with van der Waals surface area (Å²) in [5.74, 6) is -6.48. The maximum Gasteiger partial charge on any atom is 0.308 e. The number of fused-ring (bicyclic) bond motifs is 2. The molecule has 1 aromatic rings. The fourth-order valence-corrected chi connectivity index (χ4v) is 11.4. The zero-order valence-electron chi connectivity index (χ0n) is 51.2. The second-order valence-corrected chi connectivity index (χ2v) is 23.8. The molecule has 3 fully saturated rings. The Kier molecular flexibility index (Phi) is 31.7. The topological polar surface area (TPSA) is 370 Å². The number of rotatable bonds is 14. The lowest BCUT2D eigenvalue weighted by atomic mass is 9.82. The van der Waals surface area contributed by atoms with E-state index in [4.69, 9.17) is 29.4 Å². The highest BCUT2D eigenvalue weighted by Crippen LogP contribution is 2.38. The van der Waals surface area contributed by atoms with Crippen LogP contribution < -0.4 is 16.4 Å². The number of cyclic esters (lactones) is 1. The first-order chi connectivity index (χ1) is 41.9. The zero-order chi connectivity index (χ0) is 64.3. The number of ether oxygens (including phenoxy) is 5. The average molecular weight is 1240 g/mol. The van der Waals surface area contributed by atoms with Crippen molar-refractivity contribution in [3.05, 3.63) is 115 Å². The number of ketones is 2. The Morgan fingerprint density at radius 1 is 0.739 bits per heavy atom. The molecule has 4 aliphatic rings. The molecule has 2 bridgehead atoms. The quantitative estimate of drug-likeness (QED) is 0.0937. The molecular formula is C65H98N4O19. The number of benzene rings is 1. The molecule has 4 aliphatic heterocycles. The summed E-state index contributed by atoms with van der Waals surface area (Å²) in [4.78, 5) is 55.6. The van der Waals surface area contributed by atoms with Gasteiger partial charge < -0.3 is 91.1 Å². The molecule has 1 aromatic carbocycles. The highest BCUT2D eigenvalue weighted by molar-refractivity contribution is 5.96. The molecular weight excluding hydrogens is 1140 g/mol. The molecule has 492 valence electrons. The van der Waals surface area contributed by atoms with Crippen LogP contribution in [0.15, 0.2) is 109 Å². The smallest absolute Gasteiger partial charge is 0.308 e. The standard InChI is InChI=1S/C65H98N4O19/c1-41-17-15-13-11-9-7-5-6-8-10-12-14-16-18-53(86-64-61(81)59(66)60(80)43(3)85-64)38-56-58(63(82)68-25-26-69-27-29-84-30-28-69)55(78)40-65(83,88-56)39-52(76)35-50(74)33-48(72)31-47(71)32-49(73)34-51(75)37-57(79)87-62(41)42(2)19-24-46(70)36-54(77)44-20-22-45(67-4)23-21-44/h5-18,20-23,41-43,46-48,50-53,55-56,58-62,64,67,70-72,74-76,78,80-81,83H,19,24-40,66H2,1-4H3,(H,68,82)/t41?,42?,43-,46?,47?,48?,50?,51?,52?,53?,55?,56?,58?,59+,60-,61+,62?,64+,65?/m1/s1. The highest BCUT2D eigenvalue weighted by atomic mass is 16.7. The monoisotopic (exact) mass is 1240 g/mol. The molecule has 0 aliphatic carbocycles. The summed E-state index contributed by atoms with van der Waals surface area (Å²) in [6.07, 6.45) is 3.27. The lowest BCUT2D eigenvalue weighted by molar-refractivity contribution is -0.307. The second kappa shape index (κ2) is 37.9. The van der Waals surface area contributed by atoms with Gasteiger partial charge in [-0.15, -0.1) is 0 Å². The number of nitrogens with one attached hydrogen (secondary N) is 2. The Balaban J connectivity index is 1.35. The Labute approximate surface area is 516 Å². The van der Waals surface area contributed by atoms with Crippen LogP contribution in [0.4, 0.5) is 5.69 Å². The van der Waals surface area contributed by atoms with E-state index in [0.29, 0.717) is 44.8 Å². The van der Waals surface area contributed by atoms with Gasteiger partial charge in [0.25, 0.3) is 0 Å². The summed E-state index contributed by atoms with van der Waals surface area (Å²) < 4.78 is 29.8. The molecule has 0 saturated carbocycles. The number of carbonyl (C=O) groups excluding carboxylic acids is 4. The number of carbonyl (C=O) groups is 4. The fraction of sp³-hybridized carbons (Fsp3) is 0.631. The van der Waals surface area contributed by atoms with Crippen LogP contribution in [0.25, 0.3) is 0 Å². The van der Waals surface area contributed by atoms with Gasteiger partial charge in [-0.25, -0.2) is 0 Å². The van der Waals surface area contributed by atoms with Gasteiger partial charge in [0.1, 0.15) is 18.0 Å². The molecule has 14 unspecified atom stereocenters. The number of esters is 1. The van der Waals surface area contributed by atoms with E-state index in [9.17, 15) is 70.2 Å². The second-order valence-electron chi connectivity index (χ2n) is 23.8. The number of hydrogen-bond acceptors (Lipinski definition) is 22. The maximum atomic E-state index is 14.1. The molecule has 23 nitrogen and oxygen atoms in total. The Bertz CT molecular complexity index is 2500. The molecule has 0 aromatic heterocycles. The van der Waals surface area contributed by atoms with Crippen molar-refractivity contribution in [3.63, 3.8) is 0 Å². The van der Waals surface area contributed by atoms with Gasteiger partial charge in [0, 0.05) is 88.9 Å². The molecule has 0 spiro atoms. The fourth-order valence-electron chi connectivity index (χ4n) is 11.4. The van der Waals surface area contributed by atoms with E-state index in [0.717, 1.165) is 5.69 Å². The molecule has 1 amide bonds. The van der Waals surface area contributed by atoms with E-state index in [1.54, 1.807) is 117 Å². The number of morpholine rings is 1. The van der Waals surface area contributed by atoms with Crippen molar-refractivity contribution in [2.24, 2.45) is 23.5 Å². The van der Waals surface area contributed by atoms with Gasteiger partial charge in [-0.1, -0.05) is 98.9 Å². The van der Waals surface area contributed by atoms with E-state index in [2.05, 4.69) is 15.5 Å². The number of amides is 1. The predicted octanol–water partition coefficient (Wildman–Crippen LogP) is 2.11. The first-order valence-corrected chi connectivity index (χ1v) is 30.8. The Morgan fingerprint density at radius 2 is 1.32 bits per heavy atom. The summed E-state index contributed by atoms with van der Waals surface area (Å²) in [6, 6.07) is 5.77. The molecule has 23 heteroatoms. The normalized spacial score (nSPS) is 34.4. The van der Waals surface area contributed by atoms with Gasteiger partial charge >= 0.3 is 5.97 Å². The van der Waals surface area contributed by atoms with E-state index in [1.165, 1.54) is 0 Å². The van der Waals surface area contributed by atoms with Crippen molar-refractivity contribution in [1.82, 2.24) is 10.2 Å². The van der Waals surface area contributed by atoms with Crippen molar-refractivity contribution < 1.29 is 93.9 Å². The van der Waals surface area contributed by atoms with Gasteiger partial charge in [0.15, 0.2) is 17.9 Å². The Hall–Kier alpha value is -5.16. The minimum absolute atomic E-state index is 0.103. The van der Waals surface area contributed by atoms with Gasteiger partial charge in [-0.2, -0.15) is 0 Å². The maximum absolute atomic E-state index is 14.1. The third-order valence-corrected chi connectivity index (χ3v) is 16.2. The minimum atomic E-state index is -2.29. The van der Waals surface area contributed by atoms with Crippen molar-refractivity contribution in [2.75, 3.05) is 51.8 Å². The van der Waals surface area contributed by atoms with Crippen molar-refractivity contribution in [1.29, 1.82) is 0 Å². The third kappa shape index (κ3) is 25.6. The highest BCUT2D eigenvalue weighted by Gasteiger charge is 2.51. The van der Waals surface area contributed by atoms with Crippen molar-refractivity contribution in [3.8, 4) is 0 Å². The predicted molar refractivity (Wildman–Crippen MR) is 328 cm³/mol. The summed E-state index contributed by atoms with van der Waals surface area (Å²) in [5, 5.41) is 117. The summed E-state index contributed by atoms with van der Waals surface area (Å²) in [7, 11) is 1.77. The molecule has 88 heavy (non-hydrogen) atoms. The summed E-state index contributed by atoms with van der Waals surface area (Å²) >= 11 is 0. The third-order valence-electron chi connectivity index (χ3n) is 16.2. The van der Waals surface area contributed by atoms with Crippen LogP contribution in [0.2, 0.25) is 0 Å². The Morgan fingerprint density at radius 3 is 1.94 bits per heavy atom. The van der Waals surface area contributed by atoms with Crippen LogP contribution in [0.1, 0.15) is 108 Å². The molecule has 5 rings (SSSR count). The van der Waals surface area contributed by atoms with E-state index in [1.807, 2.05) is 19.9 Å². The number of aliphatic hydroxyl groups excluding tert-OH is 9. The van der Waals surface area contributed by atoms with Gasteiger partial charge in [-0.05, 0) is 69.2 Å². The van der Waals surface area contributed by atoms with E-state index >= 15 is 0 Å². The van der Waals surface area contributed by atoms with Crippen LogP contribution in [0.5, 0.6) is 0 Å². The lowest BCUT2D eigenvalue weighted by Gasteiger charge is -2.46. The SMILES string of the molecule is CNc1ccc(C(=O)CC(O)CCC(C)C2OC(=O)CC(O)CC(=O)CC(O)CC(O)CC(O)CC(O)CC3(O)CC(O)C(C(=O)NCCN4CCOCC4)C(CC(O[C@@H]4O[C@H](C)[C@@H](O)[C@H](N)[C@@H]4O)C=CC=CC=CC=CC=CC=CC=CC2C)O3)cc1. The number of Topliss-reactive ketones (excluding diaryl/α,β-unsaturated/α-hetero) is 2. The first kappa shape index (κ1) is 73.6. The molecule has 0 radical (unpaired) electrons. The molecule has 19 atom stereocenters. The van der Waals surface area contributed by atoms with Crippen molar-refractivity contribution >= 4 is 29.1 Å².